The molecule has 134 valence electrons. The summed E-state index contributed by atoms with van der Waals surface area (Å²) in [6.07, 6.45) is 5.20. The minimum absolute atomic E-state index is 0.111. The number of H-pyrrole nitrogens is 1. The zero-order valence-electron chi connectivity index (χ0n) is 14.9. The van der Waals surface area contributed by atoms with Crippen molar-refractivity contribution in [3.8, 4) is 0 Å². The summed E-state index contributed by atoms with van der Waals surface area (Å²) in [4.78, 5) is 23.6. The molecule has 0 unspecified atom stereocenters. The first kappa shape index (κ1) is 16.1. The molecular weight excluding hydrogens is 318 g/mol. The molecule has 3 heterocycles. The Morgan fingerprint density at radius 2 is 2.04 bits per heavy atom. The molecule has 0 atom stereocenters. The Hall–Kier alpha value is -2.38. The minimum Gasteiger partial charge on any atom is -0.373 e. The van der Waals surface area contributed by atoms with Crippen LogP contribution in [0.25, 0.3) is 0 Å². The van der Waals surface area contributed by atoms with Crippen molar-refractivity contribution in [3.05, 3.63) is 27.6 Å². The fourth-order valence-electron chi connectivity index (χ4n) is 4.05. The van der Waals surface area contributed by atoms with Gasteiger partial charge in [-0.05, 0) is 39.0 Å². The molecule has 2 aliphatic rings. The summed E-state index contributed by atoms with van der Waals surface area (Å²) >= 11 is 0. The number of fused-ring (bicyclic) bond motifs is 1. The van der Waals surface area contributed by atoms with Gasteiger partial charge in [-0.25, -0.2) is 14.9 Å². The zero-order chi connectivity index (χ0) is 17.4. The summed E-state index contributed by atoms with van der Waals surface area (Å²) in [6.45, 7) is 4.41. The smallest absolute Gasteiger partial charge is 0.343 e. The number of hydrogen-bond donors (Lipinski definition) is 2. The van der Waals surface area contributed by atoms with Crippen LogP contribution >= 0.6 is 0 Å². The number of rotatable bonds is 4. The van der Waals surface area contributed by atoms with Crippen molar-refractivity contribution >= 4 is 11.8 Å². The molecule has 8 heteroatoms. The van der Waals surface area contributed by atoms with Crippen LogP contribution in [0.5, 0.6) is 0 Å². The quantitative estimate of drug-likeness (QED) is 0.869. The monoisotopic (exact) mass is 343 g/mol. The molecule has 0 bridgehead atoms. The van der Waals surface area contributed by atoms with Gasteiger partial charge >= 0.3 is 5.69 Å². The lowest BCUT2D eigenvalue weighted by Gasteiger charge is -2.32. The third-order valence-corrected chi connectivity index (χ3v) is 5.41. The normalized spacial score (nSPS) is 17.8. The highest BCUT2D eigenvalue weighted by atomic mass is 16.1. The fraction of sp³-hybridized carbons (Fsp3) is 0.647. The summed E-state index contributed by atoms with van der Waals surface area (Å²) in [5.41, 5.74) is 2.37. The van der Waals surface area contributed by atoms with Gasteiger partial charge in [0.25, 0.3) is 0 Å². The van der Waals surface area contributed by atoms with Crippen LogP contribution in [0.2, 0.25) is 0 Å². The lowest BCUT2D eigenvalue weighted by atomic mass is 9.96. The molecule has 0 saturated carbocycles. The number of aryl methyl sites for hydroxylation is 1. The number of anilines is 2. The molecule has 4 rings (SSSR count). The number of aromatic amines is 1. The van der Waals surface area contributed by atoms with Gasteiger partial charge in [0, 0.05) is 38.2 Å². The molecule has 1 aliphatic carbocycles. The van der Waals surface area contributed by atoms with Gasteiger partial charge in [-0.1, -0.05) is 0 Å². The highest BCUT2D eigenvalue weighted by molar-refractivity contribution is 5.52. The summed E-state index contributed by atoms with van der Waals surface area (Å²) in [5.74, 6) is 3.01. The van der Waals surface area contributed by atoms with E-state index in [1.807, 2.05) is 14.0 Å². The van der Waals surface area contributed by atoms with Crippen LogP contribution in [0, 0.1) is 0 Å². The Kier molecular flexibility index (Phi) is 4.19. The van der Waals surface area contributed by atoms with Crippen LogP contribution < -0.4 is 15.9 Å². The Morgan fingerprint density at radius 3 is 2.76 bits per heavy atom. The molecule has 2 aromatic rings. The molecule has 0 amide bonds. The van der Waals surface area contributed by atoms with Crippen molar-refractivity contribution in [2.75, 3.05) is 30.4 Å². The van der Waals surface area contributed by atoms with Crippen LogP contribution in [0.15, 0.2) is 4.79 Å². The topological polar surface area (TPSA) is 91.7 Å². The molecule has 8 nitrogen and oxygen atoms in total. The second-order valence-corrected chi connectivity index (χ2v) is 6.79. The van der Waals surface area contributed by atoms with Gasteiger partial charge in [0.05, 0.1) is 5.69 Å². The minimum atomic E-state index is -0.111. The van der Waals surface area contributed by atoms with Crippen LogP contribution in [-0.2, 0) is 19.4 Å². The van der Waals surface area contributed by atoms with E-state index in [2.05, 4.69) is 20.4 Å². The van der Waals surface area contributed by atoms with E-state index in [0.29, 0.717) is 12.5 Å². The first-order valence-electron chi connectivity index (χ1n) is 9.18. The number of nitrogens with one attached hydrogen (secondary N) is 2. The maximum atomic E-state index is 11.8. The van der Waals surface area contributed by atoms with Crippen molar-refractivity contribution in [2.45, 2.75) is 51.5 Å². The number of nitrogens with zero attached hydrogens (tertiary/aromatic N) is 5. The SMILES string of the molecule is CCn1c(C2CCN(c3nc4c(c(NC)n3)CCC4)CC2)n[nH]c1=O. The van der Waals surface area contributed by atoms with E-state index in [1.54, 1.807) is 4.57 Å². The van der Waals surface area contributed by atoms with Crippen molar-refractivity contribution in [3.63, 3.8) is 0 Å². The van der Waals surface area contributed by atoms with E-state index in [0.717, 1.165) is 62.8 Å². The third kappa shape index (κ3) is 2.79. The lowest BCUT2D eigenvalue weighted by Crippen LogP contribution is -2.35. The van der Waals surface area contributed by atoms with Crippen LogP contribution in [-0.4, -0.2) is 44.9 Å². The van der Waals surface area contributed by atoms with E-state index >= 15 is 0 Å². The molecule has 25 heavy (non-hydrogen) atoms. The third-order valence-electron chi connectivity index (χ3n) is 5.41. The average Bonchev–Trinajstić information content (AvgIpc) is 3.27. The Labute approximate surface area is 146 Å². The van der Waals surface area contributed by atoms with Gasteiger partial charge < -0.3 is 10.2 Å². The molecule has 0 aromatic carbocycles. The molecule has 0 spiro atoms. The van der Waals surface area contributed by atoms with E-state index in [1.165, 1.54) is 11.3 Å². The van der Waals surface area contributed by atoms with Crippen molar-refractivity contribution < 1.29 is 0 Å². The Morgan fingerprint density at radius 1 is 1.24 bits per heavy atom. The fourth-order valence-corrected chi connectivity index (χ4v) is 4.05. The van der Waals surface area contributed by atoms with Crippen molar-refractivity contribution in [1.82, 2.24) is 24.7 Å². The molecule has 2 N–H and O–H groups in total. The average molecular weight is 343 g/mol. The van der Waals surface area contributed by atoms with Gasteiger partial charge in [-0.15, -0.1) is 0 Å². The Balaban J connectivity index is 1.52. The van der Waals surface area contributed by atoms with Gasteiger partial charge in [-0.2, -0.15) is 10.1 Å². The van der Waals surface area contributed by atoms with Gasteiger partial charge in [0.2, 0.25) is 5.95 Å². The number of aromatic nitrogens is 5. The van der Waals surface area contributed by atoms with Gasteiger partial charge in [-0.3, -0.25) is 4.57 Å². The lowest BCUT2D eigenvalue weighted by molar-refractivity contribution is 0.461. The molecular formula is C17H25N7O. The molecule has 1 fully saturated rings. The second-order valence-electron chi connectivity index (χ2n) is 6.79. The molecule has 2 aromatic heterocycles. The van der Waals surface area contributed by atoms with E-state index in [-0.39, 0.29) is 5.69 Å². The predicted molar refractivity (Wildman–Crippen MR) is 96.3 cm³/mol. The van der Waals surface area contributed by atoms with E-state index in [9.17, 15) is 4.79 Å². The van der Waals surface area contributed by atoms with Crippen LogP contribution in [0.1, 0.15) is 49.2 Å². The van der Waals surface area contributed by atoms with Crippen LogP contribution in [0.3, 0.4) is 0 Å². The van der Waals surface area contributed by atoms with E-state index in [4.69, 9.17) is 9.97 Å². The van der Waals surface area contributed by atoms with Crippen LogP contribution in [0.4, 0.5) is 11.8 Å². The van der Waals surface area contributed by atoms with Crippen molar-refractivity contribution in [2.24, 2.45) is 0 Å². The predicted octanol–water partition coefficient (Wildman–Crippen LogP) is 1.30. The maximum absolute atomic E-state index is 11.8. The Bertz CT molecular complexity index is 817. The number of piperidine rings is 1. The molecule has 0 radical (unpaired) electrons. The zero-order valence-corrected chi connectivity index (χ0v) is 14.9. The summed E-state index contributed by atoms with van der Waals surface area (Å²) < 4.78 is 1.74. The highest BCUT2D eigenvalue weighted by Crippen LogP contribution is 2.31. The van der Waals surface area contributed by atoms with Gasteiger partial charge in [0.1, 0.15) is 11.6 Å². The molecule has 1 saturated heterocycles. The van der Waals surface area contributed by atoms with Crippen molar-refractivity contribution in [1.29, 1.82) is 0 Å². The largest absolute Gasteiger partial charge is 0.373 e. The molecule has 1 aliphatic heterocycles. The van der Waals surface area contributed by atoms with Gasteiger partial charge in [0.15, 0.2) is 0 Å². The first-order chi connectivity index (χ1) is 12.2. The summed E-state index contributed by atoms with van der Waals surface area (Å²) in [7, 11) is 1.93. The van der Waals surface area contributed by atoms with E-state index < -0.39 is 0 Å². The summed E-state index contributed by atoms with van der Waals surface area (Å²) in [5, 5.41) is 10.1. The highest BCUT2D eigenvalue weighted by Gasteiger charge is 2.28. The second kappa shape index (κ2) is 6.50. The first-order valence-corrected chi connectivity index (χ1v) is 9.18. The standard InChI is InChI=1S/C17H25N7O/c1-3-24-15(21-22-17(24)25)11-7-9-23(10-8-11)16-19-13-6-4-5-12(13)14(18-2)20-16/h11H,3-10H2,1-2H3,(H,22,25)(H,18,19,20). The maximum Gasteiger partial charge on any atom is 0.343 e. The summed E-state index contributed by atoms with van der Waals surface area (Å²) in [6, 6.07) is 0. The number of hydrogen-bond acceptors (Lipinski definition) is 6.